The van der Waals surface area contributed by atoms with Crippen molar-refractivity contribution in [3.63, 3.8) is 0 Å². The monoisotopic (exact) mass is 365 g/mol. The lowest BCUT2D eigenvalue weighted by molar-refractivity contribution is -0.116. The summed E-state index contributed by atoms with van der Waals surface area (Å²) in [6.45, 7) is 4.39. The summed E-state index contributed by atoms with van der Waals surface area (Å²) in [6.07, 6.45) is 5.62. The molecule has 0 radical (unpaired) electrons. The molecule has 2 heterocycles. The molecule has 1 N–H and O–H groups in total. The number of nitrogens with zero attached hydrogens (tertiary/aromatic N) is 2. The van der Waals surface area contributed by atoms with Crippen LogP contribution >= 0.6 is 11.3 Å². The first-order chi connectivity index (χ1) is 12.6. The number of anilines is 1. The molecular formula is C21H23N3OS. The van der Waals surface area contributed by atoms with Crippen LogP contribution in [0.2, 0.25) is 0 Å². The van der Waals surface area contributed by atoms with Crippen molar-refractivity contribution in [2.45, 2.75) is 33.1 Å². The average molecular weight is 366 g/mol. The van der Waals surface area contributed by atoms with Gasteiger partial charge in [0.05, 0.1) is 5.69 Å². The van der Waals surface area contributed by atoms with E-state index in [1.807, 2.05) is 29.6 Å². The number of thiazole rings is 1. The second kappa shape index (κ2) is 8.72. The Bertz CT molecular complexity index is 858. The van der Waals surface area contributed by atoms with E-state index in [0.29, 0.717) is 18.8 Å². The molecule has 2 aromatic heterocycles. The third kappa shape index (κ3) is 5.23. The normalized spacial score (nSPS) is 10.9. The molecule has 5 heteroatoms. The van der Waals surface area contributed by atoms with Crippen LogP contribution in [-0.2, 0) is 17.6 Å². The minimum absolute atomic E-state index is 0.0163. The summed E-state index contributed by atoms with van der Waals surface area (Å²) in [6, 6.07) is 12.0. The fraction of sp³-hybridized carbons (Fsp3) is 0.286. The van der Waals surface area contributed by atoms with Crippen LogP contribution in [0.3, 0.4) is 0 Å². The molecule has 1 amide bonds. The Kier molecular flexibility index (Phi) is 6.12. The van der Waals surface area contributed by atoms with E-state index >= 15 is 0 Å². The van der Waals surface area contributed by atoms with E-state index < -0.39 is 0 Å². The number of aryl methyl sites for hydroxylation is 1. The highest BCUT2D eigenvalue weighted by Gasteiger charge is 2.08. The van der Waals surface area contributed by atoms with Crippen molar-refractivity contribution in [2.75, 3.05) is 5.32 Å². The fourth-order valence-electron chi connectivity index (χ4n) is 2.76. The van der Waals surface area contributed by atoms with Gasteiger partial charge in [0.15, 0.2) is 0 Å². The second-order valence-electron chi connectivity index (χ2n) is 6.73. The van der Waals surface area contributed by atoms with Gasteiger partial charge in [-0.15, -0.1) is 11.3 Å². The maximum absolute atomic E-state index is 12.3. The van der Waals surface area contributed by atoms with Crippen molar-refractivity contribution in [3.05, 3.63) is 65.4 Å². The molecular weight excluding hydrogens is 342 g/mol. The van der Waals surface area contributed by atoms with Crippen molar-refractivity contribution in [2.24, 2.45) is 5.92 Å². The Hall–Kier alpha value is -2.53. The van der Waals surface area contributed by atoms with Gasteiger partial charge in [0.1, 0.15) is 5.01 Å². The van der Waals surface area contributed by atoms with Crippen LogP contribution < -0.4 is 5.32 Å². The zero-order valence-corrected chi connectivity index (χ0v) is 15.9. The van der Waals surface area contributed by atoms with Gasteiger partial charge >= 0.3 is 0 Å². The van der Waals surface area contributed by atoms with E-state index in [1.165, 1.54) is 5.56 Å². The van der Waals surface area contributed by atoms with E-state index in [9.17, 15) is 4.79 Å². The van der Waals surface area contributed by atoms with Gasteiger partial charge in [0.2, 0.25) is 5.91 Å². The van der Waals surface area contributed by atoms with E-state index in [0.717, 1.165) is 28.4 Å². The van der Waals surface area contributed by atoms with Crippen molar-refractivity contribution < 1.29 is 4.79 Å². The maximum Gasteiger partial charge on any atom is 0.224 e. The van der Waals surface area contributed by atoms with Gasteiger partial charge in [0, 0.05) is 35.4 Å². The lowest BCUT2D eigenvalue weighted by atomic mass is 10.0. The molecule has 0 unspecified atom stereocenters. The average Bonchev–Trinajstić information content (AvgIpc) is 3.09. The van der Waals surface area contributed by atoms with Gasteiger partial charge in [-0.25, -0.2) is 4.98 Å². The summed E-state index contributed by atoms with van der Waals surface area (Å²) >= 11 is 1.58. The lowest BCUT2D eigenvalue weighted by Crippen LogP contribution is -2.12. The van der Waals surface area contributed by atoms with Crippen LogP contribution in [0.15, 0.2) is 54.2 Å². The van der Waals surface area contributed by atoms with Crippen LogP contribution in [0.1, 0.15) is 31.5 Å². The molecule has 0 fully saturated rings. The molecule has 0 aliphatic heterocycles. The number of nitrogens with one attached hydrogen (secondary N) is 1. The Morgan fingerprint density at radius 1 is 1.23 bits per heavy atom. The topological polar surface area (TPSA) is 54.9 Å². The number of aromatic nitrogens is 2. The molecule has 134 valence electrons. The first kappa shape index (κ1) is 18.3. The van der Waals surface area contributed by atoms with Crippen LogP contribution in [0, 0.1) is 5.92 Å². The van der Waals surface area contributed by atoms with Crippen LogP contribution in [0.5, 0.6) is 0 Å². The van der Waals surface area contributed by atoms with Gasteiger partial charge in [-0.2, -0.15) is 0 Å². The second-order valence-corrected chi connectivity index (χ2v) is 7.59. The molecule has 0 aliphatic carbocycles. The van der Waals surface area contributed by atoms with Gasteiger partial charge in [-0.3, -0.25) is 9.78 Å². The Morgan fingerprint density at radius 2 is 2.12 bits per heavy atom. The molecule has 0 spiro atoms. The quantitative estimate of drug-likeness (QED) is 0.643. The summed E-state index contributed by atoms with van der Waals surface area (Å²) in [5, 5.41) is 5.94. The first-order valence-electron chi connectivity index (χ1n) is 8.84. The molecule has 0 aliphatic rings. The largest absolute Gasteiger partial charge is 0.326 e. The van der Waals surface area contributed by atoms with Crippen molar-refractivity contribution >= 4 is 22.9 Å². The minimum atomic E-state index is 0.0163. The summed E-state index contributed by atoms with van der Waals surface area (Å²) in [4.78, 5) is 21.0. The molecule has 26 heavy (non-hydrogen) atoms. The molecule has 0 saturated heterocycles. The molecule has 0 saturated carbocycles. The number of benzene rings is 1. The summed E-state index contributed by atoms with van der Waals surface area (Å²) in [7, 11) is 0. The Morgan fingerprint density at radius 3 is 2.88 bits per heavy atom. The standard InChI is InChI=1S/C21H23N3OS/c1-15(2)11-16-5-3-7-18(12-16)23-20(25)9-8-19-14-26-21(24-19)17-6-4-10-22-13-17/h3-7,10,12-15H,8-9,11H2,1-2H3,(H,23,25). The van der Waals surface area contributed by atoms with Crippen LogP contribution in [0.4, 0.5) is 5.69 Å². The van der Waals surface area contributed by atoms with E-state index in [-0.39, 0.29) is 5.91 Å². The third-order valence-electron chi connectivity index (χ3n) is 3.92. The number of carbonyl (C=O) groups excluding carboxylic acids is 1. The molecule has 0 atom stereocenters. The fourth-order valence-corrected chi connectivity index (χ4v) is 3.60. The van der Waals surface area contributed by atoms with E-state index in [1.54, 1.807) is 23.7 Å². The number of hydrogen-bond donors (Lipinski definition) is 1. The van der Waals surface area contributed by atoms with Gasteiger partial charge < -0.3 is 5.32 Å². The molecule has 3 aromatic rings. The molecule has 1 aromatic carbocycles. The van der Waals surface area contributed by atoms with Crippen LogP contribution in [0.25, 0.3) is 10.6 Å². The Balaban J connectivity index is 1.54. The first-order valence-corrected chi connectivity index (χ1v) is 9.71. The maximum atomic E-state index is 12.3. The molecule has 4 nitrogen and oxygen atoms in total. The molecule has 0 bridgehead atoms. The minimum Gasteiger partial charge on any atom is -0.326 e. The SMILES string of the molecule is CC(C)Cc1cccc(NC(=O)CCc2csc(-c3cccnc3)n2)c1. The summed E-state index contributed by atoms with van der Waals surface area (Å²) in [5.41, 5.74) is 4.06. The zero-order chi connectivity index (χ0) is 18.4. The number of rotatable bonds is 7. The zero-order valence-electron chi connectivity index (χ0n) is 15.1. The lowest BCUT2D eigenvalue weighted by Gasteiger charge is -2.09. The van der Waals surface area contributed by atoms with Gasteiger partial charge in [-0.05, 0) is 48.6 Å². The number of pyridine rings is 1. The van der Waals surface area contributed by atoms with E-state index in [4.69, 9.17) is 0 Å². The number of hydrogen-bond acceptors (Lipinski definition) is 4. The smallest absolute Gasteiger partial charge is 0.224 e. The van der Waals surface area contributed by atoms with Crippen molar-refractivity contribution in [1.82, 2.24) is 9.97 Å². The predicted molar refractivity (Wildman–Crippen MR) is 107 cm³/mol. The highest BCUT2D eigenvalue weighted by atomic mass is 32.1. The highest BCUT2D eigenvalue weighted by Crippen LogP contribution is 2.23. The number of carbonyl (C=O) groups is 1. The third-order valence-corrected chi connectivity index (χ3v) is 4.86. The van der Waals surface area contributed by atoms with Crippen LogP contribution in [-0.4, -0.2) is 15.9 Å². The molecule has 3 rings (SSSR count). The van der Waals surface area contributed by atoms with E-state index in [2.05, 4.69) is 41.3 Å². The number of amides is 1. The van der Waals surface area contributed by atoms with Gasteiger partial charge in [0.25, 0.3) is 0 Å². The van der Waals surface area contributed by atoms with Gasteiger partial charge in [-0.1, -0.05) is 26.0 Å². The highest BCUT2D eigenvalue weighted by molar-refractivity contribution is 7.13. The summed E-state index contributed by atoms with van der Waals surface area (Å²) in [5.74, 6) is 0.613. The van der Waals surface area contributed by atoms with Crippen molar-refractivity contribution in [1.29, 1.82) is 0 Å². The predicted octanol–water partition coefficient (Wildman–Crippen LogP) is 4.97. The summed E-state index contributed by atoms with van der Waals surface area (Å²) < 4.78 is 0. The van der Waals surface area contributed by atoms with Crippen molar-refractivity contribution in [3.8, 4) is 10.6 Å². The Labute approximate surface area is 158 Å².